The third kappa shape index (κ3) is 6.07. The Bertz CT molecular complexity index is 817. The van der Waals surface area contributed by atoms with Crippen molar-refractivity contribution in [1.82, 2.24) is 10.2 Å². The van der Waals surface area contributed by atoms with Crippen LogP contribution >= 0.6 is 0 Å². The van der Waals surface area contributed by atoms with E-state index in [1.165, 1.54) is 0 Å². The van der Waals surface area contributed by atoms with E-state index in [0.717, 1.165) is 36.3 Å². The molecule has 6 nitrogen and oxygen atoms in total. The van der Waals surface area contributed by atoms with Crippen molar-refractivity contribution in [2.24, 2.45) is 0 Å². The van der Waals surface area contributed by atoms with Crippen LogP contribution in [0.15, 0.2) is 54.6 Å². The molecule has 2 atom stereocenters. The average Bonchev–Trinajstić information content (AvgIpc) is 3.30. The second-order valence-electron chi connectivity index (χ2n) is 7.59. The van der Waals surface area contributed by atoms with Gasteiger partial charge in [-0.2, -0.15) is 0 Å². The molecule has 0 unspecified atom stereocenters. The van der Waals surface area contributed by atoms with Gasteiger partial charge in [0.25, 0.3) is 0 Å². The molecule has 1 heterocycles. The minimum absolute atomic E-state index is 0.0659. The number of hydrogen-bond acceptors (Lipinski definition) is 4. The summed E-state index contributed by atoms with van der Waals surface area (Å²) in [5.74, 6) is 0.500. The second kappa shape index (κ2) is 10.8. The van der Waals surface area contributed by atoms with Gasteiger partial charge in [-0.15, -0.1) is 0 Å². The number of carbonyl (C=O) groups excluding carboxylic acids is 2. The van der Waals surface area contributed by atoms with E-state index in [-0.39, 0.29) is 24.3 Å². The lowest BCUT2D eigenvalue weighted by atomic mass is 10.1. The normalized spacial score (nSPS) is 16.7. The Kier molecular flexibility index (Phi) is 7.85. The van der Waals surface area contributed by atoms with Crippen molar-refractivity contribution in [1.29, 1.82) is 0 Å². The molecule has 2 amide bonds. The molecular weight excluding hydrogens is 380 g/mol. The Morgan fingerprint density at radius 2 is 1.87 bits per heavy atom. The van der Waals surface area contributed by atoms with Gasteiger partial charge in [0.1, 0.15) is 11.8 Å². The van der Waals surface area contributed by atoms with E-state index >= 15 is 0 Å². The van der Waals surface area contributed by atoms with Gasteiger partial charge in [-0.1, -0.05) is 42.5 Å². The SMILES string of the molecule is COc1ccc(CN(C(=O)Cc2ccccc2)[C@H](C)C(=O)NC[C@H]2CCCO2)cc1. The highest BCUT2D eigenvalue weighted by molar-refractivity contribution is 5.88. The number of nitrogens with zero attached hydrogens (tertiary/aromatic N) is 1. The van der Waals surface area contributed by atoms with E-state index in [9.17, 15) is 9.59 Å². The lowest BCUT2D eigenvalue weighted by Crippen LogP contribution is -2.49. The van der Waals surface area contributed by atoms with Crippen molar-refractivity contribution in [3.63, 3.8) is 0 Å². The van der Waals surface area contributed by atoms with Crippen LogP contribution < -0.4 is 10.1 Å². The van der Waals surface area contributed by atoms with Crippen molar-refractivity contribution in [3.05, 3.63) is 65.7 Å². The summed E-state index contributed by atoms with van der Waals surface area (Å²) in [5.41, 5.74) is 1.87. The number of amides is 2. The highest BCUT2D eigenvalue weighted by atomic mass is 16.5. The summed E-state index contributed by atoms with van der Waals surface area (Å²) in [6.45, 7) is 3.35. The van der Waals surface area contributed by atoms with Crippen LogP contribution in [0.1, 0.15) is 30.9 Å². The Hall–Kier alpha value is -2.86. The molecule has 1 N–H and O–H groups in total. The van der Waals surface area contributed by atoms with E-state index in [1.54, 1.807) is 18.9 Å². The van der Waals surface area contributed by atoms with Crippen LogP contribution in [0.5, 0.6) is 5.75 Å². The standard InChI is InChI=1S/C24H30N2O4/c1-18(24(28)25-16-22-9-6-14-30-22)26(17-20-10-12-21(29-2)13-11-20)23(27)15-19-7-4-3-5-8-19/h3-5,7-8,10-13,18,22H,6,9,14-17H2,1-2H3,(H,25,28)/t18-,22-/m1/s1. The van der Waals surface area contributed by atoms with Crippen LogP contribution in [0.3, 0.4) is 0 Å². The van der Waals surface area contributed by atoms with Crippen LogP contribution in [-0.4, -0.2) is 49.1 Å². The van der Waals surface area contributed by atoms with E-state index in [1.807, 2.05) is 54.6 Å². The van der Waals surface area contributed by atoms with Crippen LogP contribution in [0, 0.1) is 0 Å². The topological polar surface area (TPSA) is 67.9 Å². The van der Waals surface area contributed by atoms with Gasteiger partial charge in [0.2, 0.25) is 11.8 Å². The van der Waals surface area contributed by atoms with E-state index in [0.29, 0.717) is 13.1 Å². The molecule has 160 valence electrons. The third-order valence-corrected chi connectivity index (χ3v) is 5.41. The first kappa shape index (κ1) is 21.8. The zero-order valence-corrected chi connectivity index (χ0v) is 17.7. The van der Waals surface area contributed by atoms with Gasteiger partial charge in [-0.05, 0) is 43.0 Å². The fraction of sp³-hybridized carbons (Fsp3) is 0.417. The molecule has 0 radical (unpaired) electrons. The highest BCUT2D eigenvalue weighted by Crippen LogP contribution is 2.16. The summed E-state index contributed by atoms with van der Waals surface area (Å²) < 4.78 is 10.8. The summed E-state index contributed by atoms with van der Waals surface area (Å²) in [4.78, 5) is 27.6. The molecule has 6 heteroatoms. The number of hydrogen-bond donors (Lipinski definition) is 1. The third-order valence-electron chi connectivity index (χ3n) is 5.41. The summed E-state index contributed by atoms with van der Waals surface area (Å²) in [6.07, 6.45) is 2.29. The highest BCUT2D eigenvalue weighted by Gasteiger charge is 2.27. The smallest absolute Gasteiger partial charge is 0.242 e. The van der Waals surface area contributed by atoms with Crippen molar-refractivity contribution in [2.75, 3.05) is 20.3 Å². The number of ether oxygens (including phenoxy) is 2. The van der Waals surface area contributed by atoms with Gasteiger partial charge in [-0.3, -0.25) is 9.59 Å². The molecule has 1 aliphatic heterocycles. The van der Waals surface area contributed by atoms with Crippen LogP contribution in [0.4, 0.5) is 0 Å². The number of nitrogens with one attached hydrogen (secondary N) is 1. The molecule has 30 heavy (non-hydrogen) atoms. The van der Waals surface area contributed by atoms with Crippen LogP contribution in [-0.2, 0) is 27.3 Å². The molecule has 0 aromatic heterocycles. The summed E-state index contributed by atoms with van der Waals surface area (Å²) in [7, 11) is 1.62. The maximum Gasteiger partial charge on any atom is 0.242 e. The Labute approximate surface area is 178 Å². The molecule has 0 spiro atoms. The first-order valence-corrected chi connectivity index (χ1v) is 10.4. The van der Waals surface area contributed by atoms with Gasteiger partial charge in [0, 0.05) is 19.7 Å². The second-order valence-corrected chi connectivity index (χ2v) is 7.59. The summed E-state index contributed by atoms with van der Waals surface area (Å²) in [6, 6.07) is 16.5. The monoisotopic (exact) mass is 410 g/mol. The van der Waals surface area contributed by atoms with Gasteiger partial charge in [0.15, 0.2) is 0 Å². The van der Waals surface area contributed by atoms with Crippen molar-refractivity contribution in [2.45, 2.75) is 44.9 Å². The summed E-state index contributed by atoms with van der Waals surface area (Å²) >= 11 is 0. The quantitative estimate of drug-likeness (QED) is 0.690. The van der Waals surface area contributed by atoms with Crippen LogP contribution in [0.2, 0.25) is 0 Å². The molecular formula is C24H30N2O4. The average molecular weight is 411 g/mol. The maximum atomic E-state index is 13.1. The van der Waals surface area contributed by atoms with Gasteiger partial charge < -0.3 is 19.7 Å². The van der Waals surface area contributed by atoms with Crippen LogP contribution in [0.25, 0.3) is 0 Å². The first-order chi connectivity index (χ1) is 14.6. The fourth-order valence-electron chi connectivity index (χ4n) is 3.55. The minimum Gasteiger partial charge on any atom is -0.497 e. The number of carbonyl (C=O) groups is 2. The van der Waals surface area contributed by atoms with E-state index in [4.69, 9.17) is 9.47 Å². The molecule has 0 bridgehead atoms. The van der Waals surface area contributed by atoms with Gasteiger partial charge in [0.05, 0.1) is 19.6 Å². The Morgan fingerprint density at radius 3 is 2.50 bits per heavy atom. The molecule has 0 saturated carbocycles. The molecule has 0 aliphatic carbocycles. The molecule has 1 saturated heterocycles. The molecule has 3 rings (SSSR count). The maximum absolute atomic E-state index is 13.1. The number of methoxy groups -OCH3 is 1. The largest absolute Gasteiger partial charge is 0.497 e. The number of rotatable bonds is 9. The molecule has 2 aromatic carbocycles. The summed E-state index contributed by atoms with van der Waals surface area (Å²) in [5, 5.41) is 2.95. The molecule has 1 fully saturated rings. The van der Waals surface area contributed by atoms with Crippen molar-refractivity contribution in [3.8, 4) is 5.75 Å². The fourth-order valence-corrected chi connectivity index (χ4v) is 3.55. The number of benzene rings is 2. The Balaban J connectivity index is 1.70. The molecule has 1 aliphatic rings. The Morgan fingerprint density at radius 1 is 1.13 bits per heavy atom. The van der Waals surface area contributed by atoms with Gasteiger partial charge in [-0.25, -0.2) is 0 Å². The first-order valence-electron chi connectivity index (χ1n) is 10.4. The van der Waals surface area contributed by atoms with E-state index < -0.39 is 6.04 Å². The van der Waals surface area contributed by atoms with Crippen molar-refractivity contribution < 1.29 is 19.1 Å². The lowest BCUT2D eigenvalue weighted by molar-refractivity contribution is -0.140. The van der Waals surface area contributed by atoms with E-state index in [2.05, 4.69) is 5.32 Å². The zero-order valence-electron chi connectivity index (χ0n) is 17.7. The van der Waals surface area contributed by atoms with Crippen molar-refractivity contribution >= 4 is 11.8 Å². The lowest BCUT2D eigenvalue weighted by Gasteiger charge is -2.29. The van der Waals surface area contributed by atoms with Gasteiger partial charge >= 0.3 is 0 Å². The zero-order chi connectivity index (χ0) is 21.3. The minimum atomic E-state index is -0.593. The predicted octanol–water partition coefficient (Wildman–Crippen LogP) is 2.95. The predicted molar refractivity (Wildman–Crippen MR) is 115 cm³/mol. The molecule has 2 aromatic rings.